The Morgan fingerprint density at radius 3 is 2.32 bits per heavy atom. The molecule has 0 heterocycles. The van der Waals surface area contributed by atoms with Gasteiger partial charge in [0.15, 0.2) is 6.10 Å². The number of halogens is 1. The number of nitrogens with one attached hydrogen (secondary N) is 1. The Morgan fingerprint density at radius 1 is 1.04 bits per heavy atom. The van der Waals surface area contributed by atoms with E-state index >= 15 is 0 Å². The molecule has 2 rings (SSSR count). The van der Waals surface area contributed by atoms with Gasteiger partial charge in [-0.25, -0.2) is 0 Å². The van der Waals surface area contributed by atoms with Gasteiger partial charge >= 0.3 is 0 Å². The number of rotatable bonds is 8. The van der Waals surface area contributed by atoms with Crippen molar-refractivity contribution < 1.29 is 19.0 Å². The molecule has 134 valence electrons. The fourth-order valence-corrected chi connectivity index (χ4v) is 2.28. The maximum Gasteiger partial charge on any atom is 0.265 e. The van der Waals surface area contributed by atoms with Gasteiger partial charge in [0.2, 0.25) is 0 Å². The van der Waals surface area contributed by atoms with Crippen LogP contribution >= 0.6 is 11.6 Å². The van der Waals surface area contributed by atoms with Crippen molar-refractivity contribution in [3.05, 3.63) is 47.5 Å². The quantitative estimate of drug-likeness (QED) is 0.747. The van der Waals surface area contributed by atoms with E-state index in [1.807, 2.05) is 13.8 Å². The highest BCUT2D eigenvalue weighted by molar-refractivity contribution is 6.30. The Bertz CT molecular complexity index is 703. The first-order valence-corrected chi connectivity index (χ1v) is 8.54. The molecule has 1 N–H and O–H groups in total. The van der Waals surface area contributed by atoms with Crippen molar-refractivity contribution in [2.45, 2.75) is 26.9 Å². The zero-order chi connectivity index (χ0) is 18.2. The summed E-state index contributed by atoms with van der Waals surface area (Å²) in [4.78, 5) is 12.5. The summed E-state index contributed by atoms with van der Waals surface area (Å²) in [6.45, 7) is 6.49. The van der Waals surface area contributed by atoms with E-state index in [4.69, 9.17) is 25.8 Å². The summed E-state index contributed by atoms with van der Waals surface area (Å²) < 4.78 is 16.7. The summed E-state index contributed by atoms with van der Waals surface area (Å²) in [6.07, 6.45) is -0.689. The van der Waals surface area contributed by atoms with Gasteiger partial charge in [0.1, 0.15) is 17.2 Å². The van der Waals surface area contributed by atoms with E-state index in [0.717, 1.165) is 0 Å². The molecule has 2 aromatic carbocycles. The number of ether oxygens (including phenoxy) is 3. The molecule has 0 spiro atoms. The second-order valence-corrected chi connectivity index (χ2v) is 5.66. The van der Waals surface area contributed by atoms with Crippen molar-refractivity contribution in [1.82, 2.24) is 0 Å². The molecule has 6 heteroatoms. The van der Waals surface area contributed by atoms with Crippen molar-refractivity contribution in [3.8, 4) is 17.2 Å². The molecule has 2 aromatic rings. The van der Waals surface area contributed by atoms with Crippen molar-refractivity contribution in [2.24, 2.45) is 0 Å². The Balaban J connectivity index is 2.09. The Morgan fingerprint density at radius 2 is 1.68 bits per heavy atom. The molecule has 0 aliphatic carbocycles. The van der Waals surface area contributed by atoms with Crippen molar-refractivity contribution in [2.75, 3.05) is 18.5 Å². The molecule has 0 bridgehead atoms. The predicted octanol–water partition coefficient (Wildman–Crippen LogP) is 4.54. The fraction of sp³-hybridized carbons (Fsp3) is 0.316. The van der Waals surface area contributed by atoms with Crippen molar-refractivity contribution in [3.63, 3.8) is 0 Å². The zero-order valence-electron chi connectivity index (χ0n) is 14.5. The Labute approximate surface area is 152 Å². The number of benzene rings is 2. The van der Waals surface area contributed by atoms with Crippen LogP contribution in [-0.2, 0) is 4.79 Å². The number of hydrogen-bond acceptors (Lipinski definition) is 4. The zero-order valence-corrected chi connectivity index (χ0v) is 15.3. The van der Waals surface area contributed by atoms with E-state index in [9.17, 15) is 4.79 Å². The average molecular weight is 364 g/mol. The largest absolute Gasteiger partial charge is 0.494 e. The molecule has 1 unspecified atom stereocenters. The molecule has 0 fully saturated rings. The third-order valence-electron chi connectivity index (χ3n) is 3.32. The molecular weight excluding hydrogens is 342 g/mol. The van der Waals surface area contributed by atoms with Gasteiger partial charge in [-0.05, 0) is 57.2 Å². The summed E-state index contributed by atoms with van der Waals surface area (Å²) in [5.74, 6) is 1.52. The van der Waals surface area contributed by atoms with E-state index in [1.54, 1.807) is 49.4 Å². The maximum atomic E-state index is 12.5. The molecule has 0 aromatic heterocycles. The number of hydrogen-bond donors (Lipinski definition) is 1. The standard InChI is InChI=1S/C19H22ClNO4/c1-4-23-16-10-11-18(24-5-2)17(12-16)21-19(22)13(3)25-15-8-6-14(20)7-9-15/h6-13H,4-5H2,1-3H3,(H,21,22). The van der Waals surface area contributed by atoms with Crippen molar-refractivity contribution in [1.29, 1.82) is 0 Å². The molecule has 25 heavy (non-hydrogen) atoms. The summed E-state index contributed by atoms with van der Waals surface area (Å²) in [6, 6.07) is 12.2. The van der Waals surface area contributed by atoms with Crippen LogP contribution in [-0.4, -0.2) is 25.2 Å². The minimum absolute atomic E-state index is 0.287. The van der Waals surface area contributed by atoms with Gasteiger partial charge in [-0.3, -0.25) is 4.79 Å². The summed E-state index contributed by atoms with van der Waals surface area (Å²) >= 11 is 5.85. The Hall–Kier alpha value is -2.40. The van der Waals surface area contributed by atoms with Crippen LogP contribution in [0.4, 0.5) is 5.69 Å². The smallest absolute Gasteiger partial charge is 0.265 e. The highest BCUT2D eigenvalue weighted by Gasteiger charge is 2.17. The fourth-order valence-electron chi connectivity index (χ4n) is 2.15. The van der Waals surface area contributed by atoms with Crippen LogP contribution in [0, 0.1) is 0 Å². The van der Waals surface area contributed by atoms with Crippen molar-refractivity contribution >= 4 is 23.2 Å². The normalized spacial score (nSPS) is 11.5. The second kappa shape index (κ2) is 9.18. The first-order chi connectivity index (χ1) is 12.0. The molecule has 0 aliphatic heterocycles. The van der Waals surface area contributed by atoms with Gasteiger partial charge in [-0.2, -0.15) is 0 Å². The third-order valence-corrected chi connectivity index (χ3v) is 3.57. The lowest BCUT2D eigenvalue weighted by Crippen LogP contribution is -2.30. The van der Waals surface area contributed by atoms with Gasteiger partial charge in [-0.15, -0.1) is 0 Å². The maximum absolute atomic E-state index is 12.5. The van der Waals surface area contributed by atoms with Gasteiger partial charge in [0.05, 0.1) is 18.9 Å². The first kappa shape index (κ1) is 18.9. The van der Waals surface area contributed by atoms with Crippen LogP contribution in [0.3, 0.4) is 0 Å². The second-order valence-electron chi connectivity index (χ2n) is 5.23. The summed E-state index contributed by atoms with van der Waals surface area (Å²) in [5, 5.41) is 3.44. The highest BCUT2D eigenvalue weighted by Crippen LogP contribution is 2.30. The van der Waals surface area contributed by atoms with Crippen LogP contribution < -0.4 is 19.5 Å². The minimum Gasteiger partial charge on any atom is -0.494 e. The van der Waals surface area contributed by atoms with Gasteiger partial charge in [0, 0.05) is 11.1 Å². The molecule has 5 nitrogen and oxygen atoms in total. The number of carbonyl (C=O) groups is 1. The van der Waals surface area contributed by atoms with Crippen LogP contribution in [0.2, 0.25) is 5.02 Å². The highest BCUT2D eigenvalue weighted by atomic mass is 35.5. The van der Waals surface area contributed by atoms with E-state index in [2.05, 4.69) is 5.32 Å². The molecular formula is C19H22ClNO4. The minimum atomic E-state index is -0.689. The SMILES string of the molecule is CCOc1ccc(OCC)c(NC(=O)C(C)Oc2ccc(Cl)cc2)c1. The third kappa shape index (κ3) is 5.57. The number of amides is 1. The van der Waals surface area contributed by atoms with E-state index < -0.39 is 6.10 Å². The first-order valence-electron chi connectivity index (χ1n) is 8.16. The lowest BCUT2D eigenvalue weighted by atomic mass is 10.2. The topological polar surface area (TPSA) is 56.8 Å². The summed E-state index contributed by atoms with van der Waals surface area (Å²) in [7, 11) is 0. The number of anilines is 1. The molecule has 0 radical (unpaired) electrons. The van der Waals surface area contributed by atoms with Gasteiger partial charge in [-0.1, -0.05) is 11.6 Å². The molecule has 1 atom stereocenters. The number of carbonyl (C=O) groups excluding carboxylic acids is 1. The van der Waals surface area contributed by atoms with E-state index in [1.165, 1.54) is 0 Å². The summed E-state index contributed by atoms with van der Waals surface area (Å²) in [5.41, 5.74) is 0.546. The van der Waals surface area contributed by atoms with Crippen LogP contribution in [0.1, 0.15) is 20.8 Å². The lowest BCUT2D eigenvalue weighted by molar-refractivity contribution is -0.122. The Kier molecular flexibility index (Phi) is 6.95. The lowest BCUT2D eigenvalue weighted by Gasteiger charge is -2.17. The van der Waals surface area contributed by atoms with E-state index in [-0.39, 0.29) is 5.91 Å². The van der Waals surface area contributed by atoms with E-state index in [0.29, 0.717) is 41.2 Å². The van der Waals surface area contributed by atoms with Gasteiger partial charge in [0.25, 0.3) is 5.91 Å². The average Bonchev–Trinajstić information content (AvgIpc) is 2.59. The monoisotopic (exact) mass is 363 g/mol. The predicted molar refractivity (Wildman–Crippen MR) is 99.0 cm³/mol. The van der Waals surface area contributed by atoms with Crippen LogP contribution in [0.25, 0.3) is 0 Å². The van der Waals surface area contributed by atoms with Crippen LogP contribution in [0.15, 0.2) is 42.5 Å². The molecule has 1 amide bonds. The van der Waals surface area contributed by atoms with Gasteiger partial charge < -0.3 is 19.5 Å². The molecule has 0 saturated carbocycles. The molecule has 0 saturated heterocycles. The van der Waals surface area contributed by atoms with Crippen LogP contribution in [0.5, 0.6) is 17.2 Å². The molecule has 0 aliphatic rings.